The number of carbonyl (C=O) groups excluding carboxylic acids is 2. The van der Waals surface area contributed by atoms with E-state index in [0.717, 1.165) is 16.7 Å². The third-order valence-corrected chi connectivity index (χ3v) is 6.19. The molecule has 0 saturated carbocycles. The van der Waals surface area contributed by atoms with Gasteiger partial charge >= 0.3 is 0 Å². The summed E-state index contributed by atoms with van der Waals surface area (Å²) in [6.07, 6.45) is 0. The maximum absolute atomic E-state index is 13.4. The number of nitrogens with zero attached hydrogens (tertiary/aromatic N) is 1. The smallest absolute Gasteiger partial charge is 0.295 e. The molecule has 1 unspecified atom stereocenters. The second kappa shape index (κ2) is 10.1. The molecule has 0 radical (unpaired) electrons. The number of benzene rings is 3. The van der Waals surface area contributed by atoms with Crippen molar-refractivity contribution in [3.8, 4) is 11.5 Å². The standard InChI is InChI=1S/C29H29NO5/c1-5-35-23-14-13-21(16-24(23)34-4)26-25(27(31)22-15-18(2)11-12-19(22)3)28(32)29(33)30(26)17-20-9-7-6-8-10-20/h6-16,26,31H,5,17H2,1-4H3/b27-25+. The first kappa shape index (κ1) is 24.1. The SMILES string of the molecule is CCOc1ccc(C2/C(=C(\O)c3cc(C)ccc3C)C(=O)C(=O)N2Cc2ccccc2)cc1OC. The number of Topliss-reactive ketones (excluding diaryl/α,β-unsaturated/α-hetero) is 1. The van der Waals surface area contributed by atoms with Gasteiger partial charge in [-0.25, -0.2) is 0 Å². The lowest BCUT2D eigenvalue weighted by molar-refractivity contribution is -0.140. The van der Waals surface area contributed by atoms with E-state index in [9.17, 15) is 14.7 Å². The minimum Gasteiger partial charge on any atom is -0.507 e. The maximum atomic E-state index is 13.4. The van der Waals surface area contributed by atoms with Crippen LogP contribution in [-0.4, -0.2) is 35.4 Å². The molecule has 1 saturated heterocycles. The average molecular weight is 472 g/mol. The van der Waals surface area contributed by atoms with Crippen molar-refractivity contribution in [2.45, 2.75) is 33.4 Å². The molecule has 1 fully saturated rings. The first-order valence-electron chi connectivity index (χ1n) is 11.6. The number of hydrogen-bond acceptors (Lipinski definition) is 5. The average Bonchev–Trinajstić information content (AvgIpc) is 3.11. The largest absolute Gasteiger partial charge is 0.507 e. The van der Waals surface area contributed by atoms with Crippen molar-refractivity contribution in [1.82, 2.24) is 4.90 Å². The summed E-state index contributed by atoms with van der Waals surface area (Å²) in [4.78, 5) is 28.2. The van der Waals surface area contributed by atoms with Gasteiger partial charge in [-0.15, -0.1) is 0 Å². The van der Waals surface area contributed by atoms with Crippen LogP contribution in [-0.2, 0) is 16.1 Å². The van der Waals surface area contributed by atoms with Crippen molar-refractivity contribution < 1.29 is 24.2 Å². The second-order valence-electron chi connectivity index (χ2n) is 8.57. The van der Waals surface area contributed by atoms with Gasteiger partial charge in [-0.05, 0) is 55.7 Å². The Morgan fingerprint density at radius 3 is 2.40 bits per heavy atom. The second-order valence-corrected chi connectivity index (χ2v) is 8.57. The molecule has 0 aliphatic carbocycles. The molecule has 35 heavy (non-hydrogen) atoms. The van der Waals surface area contributed by atoms with Gasteiger partial charge in [-0.1, -0.05) is 54.1 Å². The summed E-state index contributed by atoms with van der Waals surface area (Å²) in [6, 6.07) is 19.7. The van der Waals surface area contributed by atoms with Gasteiger partial charge in [0.05, 0.1) is 25.3 Å². The number of aryl methyl sites for hydroxylation is 2. The predicted octanol–water partition coefficient (Wildman–Crippen LogP) is 5.33. The number of aliphatic hydroxyl groups is 1. The molecule has 4 rings (SSSR count). The summed E-state index contributed by atoms with van der Waals surface area (Å²) < 4.78 is 11.2. The van der Waals surface area contributed by atoms with Gasteiger partial charge in [0.15, 0.2) is 11.5 Å². The summed E-state index contributed by atoms with van der Waals surface area (Å²) in [5.41, 5.74) is 3.87. The molecule has 3 aromatic carbocycles. The molecule has 0 bridgehead atoms. The highest BCUT2D eigenvalue weighted by molar-refractivity contribution is 6.46. The van der Waals surface area contributed by atoms with E-state index in [-0.39, 0.29) is 17.9 Å². The van der Waals surface area contributed by atoms with Crippen LogP contribution in [0.25, 0.3) is 5.76 Å². The van der Waals surface area contributed by atoms with Crippen molar-refractivity contribution in [1.29, 1.82) is 0 Å². The molecule has 1 aliphatic rings. The van der Waals surface area contributed by atoms with E-state index in [1.54, 1.807) is 25.3 Å². The highest BCUT2D eigenvalue weighted by Gasteiger charge is 2.46. The molecule has 1 N–H and O–H groups in total. The molecule has 1 atom stereocenters. The molecular formula is C29H29NO5. The lowest BCUT2D eigenvalue weighted by Gasteiger charge is -2.26. The van der Waals surface area contributed by atoms with Gasteiger partial charge in [-0.3, -0.25) is 9.59 Å². The third-order valence-electron chi connectivity index (χ3n) is 6.19. The molecule has 1 amide bonds. The summed E-state index contributed by atoms with van der Waals surface area (Å²) >= 11 is 0. The number of likely N-dealkylation sites (tertiary alicyclic amines) is 1. The van der Waals surface area contributed by atoms with Gasteiger partial charge in [-0.2, -0.15) is 0 Å². The number of aliphatic hydroxyl groups excluding tert-OH is 1. The Hall–Kier alpha value is -4.06. The van der Waals surface area contributed by atoms with E-state index in [0.29, 0.717) is 29.2 Å². The number of rotatable bonds is 7. The van der Waals surface area contributed by atoms with Crippen LogP contribution < -0.4 is 9.47 Å². The molecule has 3 aromatic rings. The number of carbonyl (C=O) groups is 2. The fourth-order valence-electron chi connectivity index (χ4n) is 4.43. The third kappa shape index (κ3) is 4.64. The molecule has 0 spiro atoms. The number of amides is 1. The summed E-state index contributed by atoms with van der Waals surface area (Å²) in [5, 5.41) is 11.4. The van der Waals surface area contributed by atoms with Crippen molar-refractivity contribution in [3.63, 3.8) is 0 Å². The van der Waals surface area contributed by atoms with Gasteiger partial charge in [0, 0.05) is 12.1 Å². The Balaban J connectivity index is 1.91. The molecule has 6 heteroatoms. The molecule has 1 heterocycles. The highest BCUT2D eigenvalue weighted by atomic mass is 16.5. The summed E-state index contributed by atoms with van der Waals surface area (Å²) in [6.45, 7) is 6.35. The van der Waals surface area contributed by atoms with Crippen LogP contribution in [0, 0.1) is 13.8 Å². The van der Waals surface area contributed by atoms with E-state index in [2.05, 4.69) is 0 Å². The number of hydrogen-bond donors (Lipinski definition) is 1. The van der Waals surface area contributed by atoms with E-state index in [1.165, 1.54) is 4.90 Å². The van der Waals surface area contributed by atoms with Crippen molar-refractivity contribution in [2.75, 3.05) is 13.7 Å². The van der Waals surface area contributed by atoms with Crippen LogP contribution in [0.5, 0.6) is 11.5 Å². The Kier molecular flexibility index (Phi) is 6.92. The van der Waals surface area contributed by atoms with Gasteiger partial charge < -0.3 is 19.5 Å². The van der Waals surface area contributed by atoms with Crippen LogP contribution in [0.15, 0.2) is 72.3 Å². The molecule has 1 aliphatic heterocycles. The Bertz CT molecular complexity index is 1300. The first-order valence-corrected chi connectivity index (χ1v) is 11.6. The Morgan fingerprint density at radius 2 is 1.71 bits per heavy atom. The zero-order valence-corrected chi connectivity index (χ0v) is 20.4. The highest BCUT2D eigenvalue weighted by Crippen LogP contribution is 2.43. The minimum atomic E-state index is -0.792. The zero-order chi connectivity index (χ0) is 25.1. The minimum absolute atomic E-state index is 0.0610. The molecular weight excluding hydrogens is 442 g/mol. The van der Waals surface area contributed by atoms with E-state index >= 15 is 0 Å². The monoisotopic (exact) mass is 471 g/mol. The predicted molar refractivity (Wildman–Crippen MR) is 134 cm³/mol. The molecule has 0 aromatic heterocycles. The van der Waals surface area contributed by atoms with Gasteiger partial charge in [0.25, 0.3) is 11.7 Å². The summed E-state index contributed by atoms with van der Waals surface area (Å²) in [7, 11) is 1.54. The van der Waals surface area contributed by atoms with Gasteiger partial charge in [0.2, 0.25) is 0 Å². The first-order chi connectivity index (χ1) is 16.8. The van der Waals surface area contributed by atoms with Crippen LogP contribution in [0.2, 0.25) is 0 Å². The van der Waals surface area contributed by atoms with E-state index < -0.39 is 17.7 Å². The van der Waals surface area contributed by atoms with E-state index in [1.807, 2.05) is 69.3 Å². The zero-order valence-electron chi connectivity index (χ0n) is 20.4. The van der Waals surface area contributed by atoms with E-state index in [4.69, 9.17) is 9.47 Å². The number of methoxy groups -OCH3 is 1. The van der Waals surface area contributed by atoms with Crippen LogP contribution >= 0.6 is 0 Å². The molecule has 180 valence electrons. The Morgan fingerprint density at radius 1 is 0.971 bits per heavy atom. The fourth-order valence-corrected chi connectivity index (χ4v) is 4.43. The van der Waals surface area contributed by atoms with Crippen LogP contribution in [0.4, 0.5) is 0 Å². The topological polar surface area (TPSA) is 76.1 Å². The Labute approximate surface area is 205 Å². The normalized spacial score (nSPS) is 17.0. The van der Waals surface area contributed by atoms with Crippen molar-refractivity contribution in [2.24, 2.45) is 0 Å². The molecule has 6 nitrogen and oxygen atoms in total. The quantitative estimate of drug-likeness (QED) is 0.286. The van der Waals surface area contributed by atoms with Gasteiger partial charge in [0.1, 0.15) is 5.76 Å². The number of ketones is 1. The van der Waals surface area contributed by atoms with Crippen LogP contribution in [0.3, 0.4) is 0 Å². The fraction of sp³-hybridized carbons (Fsp3) is 0.241. The van der Waals surface area contributed by atoms with Crippen LogP contribution in [0.1, 0.15) is 40.8 Å². The maximum Gasteiger partial charge on any atom is 0.295 e. The lowest BCUT2D eigenvalue weighted by atomic mass is 9.93. The van der Waals surface area contributed by atoms with Crippen molar-refractivity contribution >= 4 is 17.4 Å². The van der Waals surface area contributed by atoms with Crippen molar-refractivity contribution in [3.05, 3.63) is 100 Å². The number of ether oxygens (including phenoxy) is 2. The lowest BCUT2D eigenvalue weighted by Crippen LogP contribution is -2.29. The summed E-state index contributed by atoms with van der Waals surface area (Å²) in [5.74, 6) is -0.497.